The van der Waals surface area contributed by atoms with Crippen LogP contribution in [0.2, 0.25) is 0 Å². The first-order chi connectivity index (χ1) is 16.5. The molecular weight excluding hydrogens is 476 g/mol. The molecule has 0 spiro atoms. The van der Waals surface area contributed by atoms with Crippen LogP contribution in [0.1, 0.15) is 32.3 Å². The summed E-state index contributed by atoms with van der Waals surface area (Å²) in [6.45, 7) is 2.95. The standard InChI is InChI=1S/C23H36N4O7S/c1-13(2)10-17(25-22(32)19(12-28)27-20(30)16(24)8-9-35-3)21(31)26-18(23(33)34)11-14-4-6-15(29)7-5-14/h4-7,13,16-19,28-29H,8-12,24H2,1-3H3,(H,25,32)(H,26,31)(H,27,30)(H,33,34). The van der Waals surface area contributed by atoms with Crippen LogP contribution in [-0.2, 0) is 25.6 Å². The molecule has 0 heterocycles. The number of rotatable bonds is 15. The van der Waals surface area contributed by atoms with Crippen LogP contribution in [0.4, 0.5) is 0 Å². The van der Waals surface area contributed by atoms with Gasteiger partial charge in [-0.05, 0) is 48.5 Å². The zero-order chi connectivity index (χ0) is 26.5. The van der Waals surface area contributed by atoms with Gasteiger partial charge in [0.25, 0.3) is 0 Å². The lowest BCUT2D eigenvalue weighted by Gasteiger charge is -2.25. The number of carbonyl (C=O) groups excluding carboxylic acids is 3. The van der Waals surface area contributed by atoms with E-state index in [-0.39, 0.29) is 24.5 Å². The lowest BCUT2D eigenvalue weighted by molar-refractivity contribution is -0.142. The SMILES string of the molecule is CSCCC(N)C(=O)NC(CO)C(=O)NC(CC(C)C)C(=O)NC(Cc1ccc(O)cc1)C(=O)O. The van der Waals surface area contributed by atoms with Gasteiger partial charge in [0, 0.05) is 6.42 Å². The summed E-state index contributed by atoms with van der Waals surface area (Å²) in [6, 6.07) is 1.36. The number of carboxylic acid groups (broad SMARTS) is 1. The maximum absolute atomic E-state index is 12.9. The van der Waals surface area contributed by atoms with Crippen LogP contribution in [0, 0.1) is 5.92 Å². The van der Waals surface area contributed by atoms with Gasteiger partial charge in [-0.3, -0.25) is 14.4 Å². The Balaban J connectivity index is 2.89. The van der Waals surface area contributed by atoms with E-state index in [2.05, 4.69) is 16.0 Å². The fourth-order valence-corrected chi connectivity index (χ4v) is 3.65. The van der Waals surface area contributed by atoms with E-state index in [0.29, 0.717) is 17.7 Å². The summed E-state index contributed by atoms with van der Waals surface area (Å²) in [5.41, 5.74) is 6.39. The Kier molecular flexibility index (Phi) is 13.1. The number of aliphatic carboxylic acids is 1. The zero-order valence-corrected chi connectivity index (χ0v) is 21.0. The number of nitrogens with one attached hydrogen (secondary N) is 3. The summed E-state index contributed by atoms with van der Waals surface area (Å²) in [6.07, 6.45) is 2.42. The van der Waals surface area contributed by atoms with Crippen molar-refractivity contribution in [2.75, 3.05) is 18.6 Å². The Labute approximate surface area is 209 Å². The average Bonchev–Trinajstić information content (AvgIpc) is 2.80. The van der Waals surface area contributed by atoms with E-state index in [0.717, 1.165) is 0 Å². The Hall–Kier alpha value is -2.83. The number of hydrogen-bond acceptors (Lipinski definition) is 8. The molecule has 12 heteroatoms. The fraction of sp³-hybridized carbons (Fsp3) is 0.565. The first-order valence-corrected chi connectivity index (χ1v) is 12.6. The molecule has 35 heavy (non-hydrogen) atoms. The van der Waals surface area contributed by atoms with Gasteiger partial charge in [-0.25, -0.2) is 4.79 Å². The number of thioether (sulfide) groups is 1. The van der Waals surface area contributed by atoms with Gasteiger partial charge in [-0.1, -0.05) is 26.0 Å². The lowest BCUT2D eigenvalue weighted by atomic mass is 10.0. The van der Waals surface area contributed by atoms with Crippen molar-refractivity contribution in [3.8, 4) is 5.75 Å². The van der Waals surface area contributed by atoms with Crippen molar-refractivity contribution < 1.29 is 34.5 Å². The molecule has 0 saturated heterocycles. The number of aliphatic hydroxyl groups is 1. The largest absolute Gasteiger partial charge is 0.508 e. The predicted molar refractivity (Wildman–Crippen MR) is 133 cm³/mol. The van der Waals surface area contributed by atoms with E-state index in [4.69, 9.17) is 5.73 Å². The van der Waals surface area contributed by atoms with E-state index in [1.54, 1.807) is 12.1 Å². The maximum Gasteiger partial charge on any atom is 0.326 e. The monoisotopic (exact) mass is 512 g/mol. The van der Waals surface area contributed by atoms with Gasteiger partial charge in [0.05, 0.1) is 12.6 Å². The van der Waals surface area contributed by atoms with E-state index >= 15 is 0 Å². The minimum absolute atomic E-state index is 0.0279. The number of aliphatic hydroxyl groups excluding tert-OH is 1. The number of hydrogen-bond donors (Lipinski definition) is 7. The van der Waals surface area contributed by atoms with Crippen LogP contribution >= 0.6 is 11.8 Å². The van der Waals surface area contributed by atoms with Gasteiger partial charge in [0.2, 0.25) is 17.7 Å². The highest BCUT2D eigenvalue weighted by Gasteiger charge is 2.30. The van der Waals surface area contributed by atoms with Gasteiger partial charge in [0.15, 0.2) is 0 Å². The van der Waals surface area contributed by atoms with E-state index in [1.807, 2.05) is 20.1 Å². The van der Waals surface area contributed by atoms with Crippen LogP contribution in [0.15, 0.2) is 24.3 Å². The second-order valence-electron chi connectivity index (χ2n) is 8.59. The molecule has 1 aromatic rings. The molecule has 4 atom stereocenters. The van der Waals surface area contributed by atoms with E-state index in [1.165, 1.54) is 23.9 Å². The van der Waals surface area contributed by atoms with Crippen molar-refractivity contribution in [2.45, 2.75) is 57.3 Å². The number of carboxylic acids is 1. The molecule has 11 nitrogen and oxygen atoms in total. The molecule has 0 fully saturated rings. The normalized spacial score (nSPS) is 14.5. The van der Waals surface area contributed by atoms with Gasteiger partial charge < -0.3 is 37.0 Å². The van der Waals surface area contributed by atoms with Crippen molar-refractivity contribution >= 4 is 35.5 Å². The van der Waals surface area contributed by atoms with Crippen LogP contribution in [0.5, 0.6) is 5.75 Å². The van der Waals surface area contributed by atoms with Crippen molar-refractivity contribution in [3.05, 3.63) is 29.8 Å². The molecule has 8 N–H and O–H groups in total. The van der Waals surface area contributed by atoms with Crippen LogP contribution < -0.4 is 21.7 Å². The molecule has 1 rings (SSSR count). The summed E-state index contributed by atoms with van der Waals surface area (Å²) in [5, 5.41) is 35.9. The molecule has 0 aliphatic rings. The highest BCUT2D eigenvalue weighted by Crippen LogP contribution is 2.12. The third-order valence-corrected chi connectivity index (χ3v) is 5.76. The number of amides is 3. The number of phenols is 1. The third-order valence-electron chi connectivity index (χ3n) is 5.12. The van der Waals surface area contributed by atoms with Gasteiger partial charge in [0.1, 0.15) is 23.9 Å². The first-order valence-electron chi connectivity index (χ1n) is 11.3. The molecule has 3 amide bonds. The van der Waals surface area contributed by atoms with Gasteiger partial charge in [-0.15, -0.1) is 0 Å². The Morgan fingerprint density at radius 3 is 2.00 bits per heavy atom. The molecule has 0 aliphatic carbocycles. The third kappa shape index (κ3) is 11.0. The van der Waals surface area contributed by atoms with Gasteiger partial charge in [-0.2, -0.15) is 11.8 Å². The molecule has 0 aliphatic heterocycles. The molecule has 0 bridgehead atoms. The van der Waals surface area contributed by atoms with E-state index in [9.17, 15) is 34.5 Å². The summed E-state index contributed by atoms with van der Waals surface area (Å²) < 4.78 is 0. The Morgan fingerprint density at radius 1 is 0.943 bits per heavy atom. The summed E-state index contributed by atoms with van der Waals surface area (Å²) >= 11 is 1.52. The summed E-state index contributed by atoms with van der Waals surface area (Å²) in [5.74, 6) is -2.72. The highest BCUT2D eigenvalue weighted by molar-refractivity contribution is 7.98. The Bertz CT molecular complexity index is 851. The van der Waals surface area contributed by atoms with Crippen molar-refractivity contribution in [2.24, 2.45) is 11.7 Å². The second-order valence-corrected chi connectivity index (χ2v) is 9.58. The van der Waals surface area contributed by atoms with E-state index < -0.39 is 54.5 Å². The summed E-state index contributed by atoms with van der Waals surface area (Å²) in [4.78, 5) is 49.6. The quantitative estimate of drug-likeness (QED) is 0.164. The minimum atomic E-state index is -1.32. The smallest absolute Gasteiger partial charge is 0.326 e. The molecule has 196 valence electrons. The number of nitrogens with two attached hydrogens (primary N) is 1. The highest BCUT2D eigenvalue weighted by atomic mass is 32.2. The minimum Gasteiger partial charge on any atom is -0.508 e. The molecule has 0 saturated carbocycles. The number of phenolic OH excluding ortho intramolecular Hbond substituents is 1. The maximum atomic E-state index is 12.9. The van der Waals surface area contributed by atoms with Crippen LogP contribution in [0.3, 0.4) is 0 Å². The number of benzene rings is 1. The number of carbonyl (C=O) groups is 4. The first kappa shape index (κ1) is 30.2. The fourth-order valence-electron chi connectivity index (χ4n) is 3.16. The lowest BCUT2D eigenvalue weighted by Crippen LogP contribution is -2.58. The molecule has 0 radical (unpaired) electrons. The molecular formula is C23H36N4O7S. The van der Waals surface area contributed by atoms with Crippen molar-refractivity contribution in [3.63, 3.8) is 0 Å². The summed E-state index contributed by atoms with van der Waals surface area (Å²) in [7, 11) is 0. The zero-order valence-electron chi connectivity index (χ0n) is 20.2. The van der Waals surface area contributed by atoms with Gasteiger partial charge >= 0.3 is 5.97 Å². The molecule has 0 aromatic heterocycles. The number of aromatic hydroxyl groups is 1. The molecule has 4 unspecified atom stereocenters. The van der Waals surface area contributed by atoms with Crippen LogP contribution in [-0.4, -0.2) is 81.8 Å². The second kappa shape index (κ2) is 15.2. The average molecular weight is 513 g/mol. The predicted octanol–water partition coefficient (Wildman–Crippen LogP) is -0.407. The Morgan fingerprint density at radius 2 is 1.49 bits per heavy atom. The van der Waals surface area contributed by atoms with Crippen molar-refractivity contribution in [1.82, 2.24) is 16.0 Å². The molecule has 1 aromatic carbocycles. The van der Waals surface area contributed by atoms with Crippen LogP contribution in [0.25, 0.3) is 0 Å². The topological polar surface area (TPSA) is 191 Å². The van der Waals surface area contributed by atoms with Crippen molar-refractivity contribution in [1.29, 1.82) is 0 Å².